The number of nitrogens with zero attached hydrogens (tertiary/aromatic N) is 4. The average Bonchev–Trinajstić information content (AvgIpc) is 3.11. The maximum atomic E-state index is 15.5. The van der Waals surface area contributed by atoms with Gasteiger partial charge in [0.15, 0.2) is 5.82 Å². The molecule has 1 N–H and O–H groups in total. The number of halogens is 4. The molecular formula is C25H33F4N5O2. The van der Waals surface area contributed by atoms with Crippen LogP contribution in [0.25, 0.3) is 0 Å². The zero-order valence-corrected chi connectivity index (χ0v) is 20.5. The summed E-state index contributed by atoms with van der Waals surface area (Å²) in [5, 5.41) is 6.68. The molecule has 1 amide bonds. The van der Waals surface area contributed by atoms with Gasteiger partial charge in [-0.05, 0) is 56.6 Å². The van der Waals surface area contributed by atoms with Gasteiger partial charge in [0.1, 0.15) is 5.67 Å². The van der Waals surface area contributed by atoms with Crippen LogP contribution in [0.2, 0.25) is 0 Å². The number of hydrogen-bond acceptors (Lipinski definition) is 6. The fourth-order valence-corrected chi connectivity index (χ4v) is 5.03. The molecule has 4 rings (SSSR count). The first-order chi connectivity index (χ1) is 17.1. The van der Waals surface area contributed by atoms with Crippen molar-refractivity contribution in [1.29, 1.82) is 0 Å². The molecule has 0 atom stereocenters. The highest BCUT2D eigenvalue weighted by Gasteiger charge is 2.36. The summed E-state index contributed by atoms with van der Waals surface area (Å²) in [6.45, 7) is 3.78. The second kappa shape index (κ2) is 11.2. The fourth-order valence-electron chi connectivity index (χ4n) is 5.03. The Balaban J connectivity index is 1.19. The van der Waals surface area contributed by atoms with Gasteiger partial charge in [-0.3, -0.25) is 9.78 Å². The van der Waals surface area contributed by atoms with Crippen molar-refractivity contribution in [2.75, 3.05) is 19.6 Å². The number of alkyl halides is 4. The van der Waals surface area contributed by atoms with E-state index in [1.54, 1.807) is 13.0 Å². The lowest BCUT2D eigenvalue weighted by atomic mass is 9.81. The molecule has 0 radical (unpaired) electrons. The van der Waals surface area contributed by atoms with Crippen molar-refractivity contribution < 1.29 is 26.9 Å². The van der Waals surface area contributed by atoms with Crippen LogP contribution in [0, 0.1) is 6.92 Å². The Kier molecular flexibility index (Phi) is 8.27. The second-order valence-electron chi connectivity index (χ2n) is 10.0. The monoisotopic (exact) mass is 511 g/mol. The van der Waals surface area contributed by atoms with Crippen molar-refractivity contribution in [3.8, 4) is 0 Å². The van der Waals surface area contributed by atoms with Crippen molar-refractivity contribution >= 4 is 5.91 Å². The standard InChI is InChI=1S/C25H33F4N5O2/c1-17-30-22(33-36-17)16-23(35)32-20-4-9-24(26,10-5-20)12-15-34-13-7-18-2-3-19(6-11-25(27,28)29)31-21(18)8-14-34/h2-3,20H,4-16H2,1H3,(H,32,35). The van der Waals surface area contributed by atoms with E-state index in [2.05, 4.69) is 25.3 Å². The minimum atomic E-state index is -4.19. The minimum absolute atomic E-state index is 0.0463. The number of amides is 1. The topological polar surface area (TPSA) is 84.2 Å². The number of aryl methyl sites for hydroxylation is 2. The van der Waals surface area contributed by atoms with Gasteiger partial charge in [0, 0.05) is 56.8 Å². The van der Waals surface area contributed by atoms with Gasteiger partial charge in [-0.2, -0.15) is 18.2 Å². The molecule has 0 unspecified atom stereocenters. The molecule has 3 heterocycles. The van der Waals surface area contributed by atoms with Crippen molar-refractivity contribution in [2.45, 2.75) is 89.0 Å². The van der Waals surface area contributed by atoms with Gasteiger partial charge < -0.3 is 14.7 Å². The van der Waals surface area contributed by atoms with E-state index in [9.17, 15) is 18.0 Å². The highest BCUT2D eigenvalue weighted by Crippen LogP contribution is 2.35. The fraction of sp³-hybridized carbons (Fsp3) is 0.680. The van der Waals surface area contributed by atoms with Gasteiger partial charge in [-0.15, -0.1) is 0 Å². The molecule has 0 saturated heterocycles. The normalized spacial score (nSPS) is 23.2. The van der Waals surface area contributed by atoms with Crippen LogP contribution in [0.4, 0.5) is 17.6 Å². The molecule has 2 aromatic heterocycles. The summed E-state index contributed by atoms with van der Waals surface area (Å²) in [7, 11) is 0. The van der Waals surface area contributed by atoms with Crippen molar-refractivity contribution in [3.05, 3.63) is 40.8 Å². The van der Waals surface area contributed by atoms with Crippen LogP contribution in [0.1, 0.15) is 67.2 Å². The van der Waals surface area contributed by atoms with Gasteiger partial charge >= 0.3 is 6.18 Å². The molecule has 1 saturated carbocycles. The van der Waals surface area contributed by atoms with Gasteiger partial charge in [-0.25, -0.2) is 4.39 Å². The SMILES string of the molecule is Cc1nc(CC(=O)NC2CCC(F)(CCN3CCc4ccc(CCC(F)(F)F)nc4CC3)CC2)no1. The molecule has 2 aliphatic rings. The third-order valence-electron chi connectivity index (χ3n) is 7.16. The highest BCUT2D eigenvalue weighted by atomic mass is 19.4. The molecule has 11 heteroatoms. The van der Waals surface area contributed by atoms with Crippen LogP contribution in [-0.4, -0.2) is 63.5 Å². The maximum absolute atomic E-state index is 15.5. The van der Waals surface area contributed by atoms with E-state index < -0.39 is 18.3 Å². The van der Waals surface area contributed by atoms with E-state index in [0.29, 0.717) is 69.0 Å². The second-order valence-corrected chi connectivity index (χ2v) is 10.0. The van der Waals surface area contributed by atoms with E-state index >= 15 is 4.39 Å². The van der Waals surface area contributed by atoms with Gasteiger partial charge in [-0.1, -0.05) is 11.2 Å². The Bertz CT molecular complexity index is 1030. The van der Waals surface area contributed by atoms with Gasteiger partial charge in [0.2, 0.25) is 11.8 Å². The summed E-state index contributed by atoms with van der Waals surface area (Å²) in [6.07, 6.45) is -1.30. The molecule has 1 aliphatic carbocycles. The summed E-state index contributed by atoms with van der Waals surface area (Å²) in [5.74, 6) is 0.562. The van der Waals surface area contributed by atoms with Crippen molar-refractivity contribution in [2.24, 2.45) is 0 Å². The van der Waals surface area contributed by atoms with Gasteiger partial charge in [0.05, 0.1) is 6.42 Å². The number of carbonyl (C=O) groups is 1. The quantitative estimate of drug-likeness (QED) is 0.538. The molecule has 0 spiro atoms. The number of fused-ring (bicyclic) bond motifs is 1. The molecule has 2 aromatic rings. The van der Waals surface area contributed by atoms with Crippen LogP contribution in [0.15, 0.2) is 16.7 Å². The lowest BCUT2D eigenvalue weighted by Crippen LogP contribution is -2.43. The van der Waals surface area contributed by atoms with Crippen LogP contribution >= 0.6 is 0 Å². The Labute approximate surface area is 208 Å². The molecule has 7 nitrogen and oxygen atoms in total. The zero-order chi connectivity index (χ0) is 25.8. The number of hydrogen-bond donors (Lipinski definition) is 1. The lowest BCUT2D eigenvalue weighted by Gasteiger charge is -2.35. The number of rotatable bonds is 8. The number of carbonyl (C=O) groups excluding carboxylic acids is 1. The summed E-state index contributed by atoms with van der Waals surface area (Å²) in [4.78, 5) is 23.0. The predicted molar refractivity (Wildman–Crippen MR) is 124 cm³/mol. The lowest BCUT2D eigenvalue weighted by molar-refractivity contribution is -0.134. The van der Waals surface area contributed by atoms with Crippen LogP contribution in [0.5, 0.6) is 0 Å². The first-order valence-corrected chi connectivity index (χ1v) is 12.6. The third kappa shape index (κ3) is 7.72. The molecule has 1 aliphatic heterocycles. The summed E-state index contributed by atoms with van der Waals surface area (Å²) in [5.41, 5.74) is 1.14. The summed E-state index contributed by atoms with van der Waals surface area (Å²) >= 11 is 0. The molecule has 198 valence electrons. The Morgan fingerprint density at radius 3 is 2.64 bits per heavy atom. The molecule has 0 aromatic carbocycles. The first-order valence-electron chi connectivity index (χ1n) is 12.6. The number of pyridine rings is 1. The molecule has 0 bridgehead atoms. The molecule has 36 heavy (non-hydrogen) atoms. The Hall–Kier alpha value is -2.56. The number of nitrogens with one attached hydrogen (secondary N) is 1. The molecular weight excluding hydrogens is 478 g/mol. The van der Waals surface area contributed by atoms with Crippen molar-refractivity contribution in [1.82, 2.24) is 25.3 Å². The van der Waals surface area contributed by atoms with E-state index in [1.807, 2.05) is 6.07 Å². The average molecular weight is 512 g/mol. The van der Waals surface area contributed by atoms with Gasteiger partial charge in [0.25, 0.3) is 0 Å². The number of aromatic nitrogens is 3. The largest absolute Gasteiger partial charge is 0.389 e. The Morgan fingerprint density at radius 2 is 1.94 bits per heavy atom. The Morgan fingerprint density at radius 1 is 1.19 bits per heavy atom. The maximum Gasteiger partial charge on any atom is 0.389 e. The van der Waals surface area contributed by atoms with Crippen LogP contribution in [-0.2, 0) is 30.5 Å². The zero-order valence-electron chi connectivity index (χ0n) is 20.5. The van der Waals surface area contributed by atoms with E-state index in [0.717, 1.165) is 24.2 Å². The third-order valence-corrected chi connectivity index (χ3v) is 7.16. The predicted octanol–water partition coefficient (Wildman–Crippen LogP) is 4.07. The summed E-state index contributed by atoms with van der Waals surface area (Å²) in [6, 6.07) is 3.53. The summed E-state index contributed by atoms with van der Waals surface area (Å²) < 4.78 is 58.0. The van der Waals surface area contributed by atoms with E-state index in [-0.39, 0.29) is 24.8 Å². The minimum Gasteiger partial charge on any atom is -0.353 e. The van der Waals surface area contributed by atoms with E-state index in [4.69, 9.17) is 4.52 Å². The van der Waals surface area contributed by atoms with E-state index in [1.165, 1.54) is 0 Å². The smallest absolute Gasteiger partial charge is 0.353 e. The molecule has 1 fully saturated rings. The van der Waals surface area contributed by atoms with Crippen molar-refractivity contribution in [3.63, 3.8) is 0 Å². The van der Waals surface area contributed by atoms with Crippen LogP contribution < -0.4 is 5.32 Å². The highest BCUT2D eigenvalue weighted by molar-refractivity contribution is 5.78. The van der Waals surface area contributed by atoms with Crippen LogP contribution in [0.3, 0.4) is 0 Å². The first kappa shape index (κ1) is 26.5.